The summed E-state index contributed by atoms with van der Waals surface area (Å²) in [6, 6.07) is 8.61. The number of nitrogens with zero attached hydrogens (tertiary/aromatic N) is 1. The molecule has 0 atom stereocenters. The summed E-state index contributed by atoms with van der Waals surface area (Å²) in [5, 5.41) is 0. The smallest absolute Gasteiger partial charge is 0.0593 e. The summed E-state index contributed by atoms with van der Waals surface area (Å²) in [5.74, 6) is 0.599. The molecule has 0 bridgehead atoms. The number of ether oxygens (including phenoxy) is 1. The maximum absolute atomic E-state index is 5.82. The Labute approximate surface area is 117 Å². The summed E-state index contributed by atoms with van der Waals surface area (Å²) in [6.07, 6.45) is 0. The van der Waals surface area contributed by atoms with Crippen molar-refractivity contribution in [3.8, 4) is 0 Å². The van der Waals surface area contributed by atoms with E-state index >= 15 is 0 Å². The van der Waals surface area contributed by atoms with Crippen LogP contribution >= 0.6 is 0 Å². The number of anilines is 1. The van der Waals surface area contributed by atoms with Crippen molar-refractivity contribution >= 4 is 5.69 Å². The van der Waals surface area contributed by atoms with Crippen LogP contribution in [-0.2, 0) is 11.3 Å². The molecular formula is C16H28N2O. The molecule has 0 aliphatic rings. The lowest BCUT2D eigenvalue weighted by Gasteiger charge is -2.26. The molecule has 3 heteroatoms. The molecule has 108 valence electrons. The molecule has 0 spiro atoms. The van der Waals surface area contributed by atoms with Crippen LogP contribution in [0.5, 0.6) is 0 Å². The Hall–Kier alpha value is -1.06. The van der Waals surface area contributed by atoms with E-state index in [1.165, 1.54) is 5.56 Å². The largest absolute Gasteiger partial charge is 0.399 e. The van der Waals surface area contributed by atoms with Gasteiger partial charge in [0.25, 0.3) is 0 Å². The topological polar surface area (TPSA) is 38.5 Å². The number of benzene rings is 1. The second-order valence-corrected chi connectivity index (χ2v) is 5.78. The standard InChI is InChI=1S/C16H28N2O/c1-13(2)12-19-9-8-18(14(3)4)11-15-6-5-7-16(17)10-15/h5-7,10,13-14H,8-9,11-12,17H2,1-4H3. The minimum atomic E-state index is 0.504. The fourth-order valence-electron chi connectivity index (χ4n) is 1.95. The van der Waals surface area contributed by atoms with Crippen LogP contribution in [0, 0.1) is 5.92 Å². The van der Waals surface area contributed by atoms with Crippen molar-refractivity contribution in [2.75, 3.05) is 25.5 Å². The van der Waals surface area contributed by atoms with Crippen LogP contribution in [0.3, 0.4) is 0 Å². The lowest BCUT2D eigenvalue weighted by Crippen LogP contribution is -2.33. The first-order chi connectivity index (χ1) is 8.99. The van der Waals surface area contributed by atoms with Crippen molar-refractivity contribution in [2.24, 2.45) is 5.92 Å². The highest BCUT2D eigenvalue weighted by Gasteiger charge is 2.10. The molecule has 0 radical (unpaired) electrons. The third-order valence-electron chi connectivity index (χ3n) is 3.04. The van der Waals surface area contributed by atoms with Crippen molar-refractivity contribution in [3.63, 3.8) is 0 Å². The minimum absolute atomic E-state index is 0.504. The summed E-state index contributed by atoms with van der Waals surface area (Å²) in [5.41, 5.74) is 7.91. The first kappa shape index (κ1) is 16.0. The van der Waals surface area contributed by atoms with Gasteiger partial charge in [0.1, 0.15) is 0 Å². The Morgan fingerprint density at radius 3 is 2.53 bits per heavy atom. The predicted octanol–water partition coefficient (Wildman–Crippen LogP) is 3.15. The van der Waals surface area contributed by atoms with Crippen molar-refractivity contribution in [1.82, 2.24) is 4.90 Å². The Kier molecular flexibility index (Phi) is 6.89. The zero-order valence-electron chi connectivity index (χ0n) is 12.7. The highest BCUT2D eigenvalue weighted by molar-refractivity contribution is 5.40. The van der Waals surface area contributed by atoms with Gasteiger partial charge in [-0.15, -0.1) is 0 Å². The third kappa shape index (κ3) is 6.60. The average molecular weight is 264 g/mol. The van der Waals surface area contributed by atoms with Crippen LogP contribution in [0.2, 0.25) is 0 Å². The second kappa shape index (κ2) is 8.18. The number of rotatable bonds is 8. The summed E-state index contributed by atoms with van der Waals surface area (Å²) >= 11 is 0. The highest BCUT2D eigenvalue weighted by Crippen LogP contribution is 2.11. The Bertz CT molecular complexity index is 364. The molecule has 1 aromatic rings. The van der Waals surface area contributed by atoms with Gasteiger partial charge in [0.15, 0.2) is 0 Å². The molecule has 1 rings (SSSR count). The first-order valence-electron chi connectivity index (χ1n) is 7.15. The molecule has 0 amide bonds. The van der Waals surface area contributed by atoms with Gasteiger partial charge in [-0.2, -0.15) is 0 Å². The maximum Gasteiger partial charge on any atom is 0.0593 e. The quantitative estimate of drug-likeness (QED) is 0.579. The molecule has 0 aliphatic heterocycles. The summed E-state index contributed by atoms with van der Waals surface area (Å²) in [4.78, 5) is 2.41. The maximum atomic E-state index is 5.82. The molecule has 0 aliphatic carbocycles. The molecule has 0 fully saturated rings. The van der Waals surface area contributed by atoms with E-state index < -0.39 is 0 Å². The van der Waals surface area contributed by atoms with Crippen molar-refractivity contribution in [1.29, 1.82) is 0 Å². The predicted molar refractivity (Wildman–Crippen MR) is 82.1 cm³/mol. The van der Waals surface area contributed by atoms with Gasteiger partial charge in [0.2, 0.25) is 0 Å². The van der Waals surface area contributed by atoms with Crippen LogP contribution in [0.15, 0.2) is 24.3 Å². The van der Waals surface area contributed by atoms with Gasteiger partial charge in [-0.25, -0.2) is 0 Å². The molecule has 0 saturated carbocycles. The van der Waals surface area contributed by atoms with Crippen LogP contribution in [0.1, 0.15) is 33.3 Å². The van der Waals surface area contributed by atoms with Gasteiger partial charge in [0.05, 0.1) is 6.61 Å². The fraction of sp³-hybridized carbons (Fsp3) is 0.625. The number of nitrogens with two attached hydrogens (primary N) is 1. The Balaban J connectivity index is 2.44. The third-order valence-corrected chi connectivity index (χ3v) is 3.04. The summed E-state index contributed by atoms with van der Waals surface area (Å²) < 4.78 is 5.67. The van der Waals surface area contributed by atoms with Crippen LogP contribution < -0.4 is 5.73 Å². The Morgan fingerprint density at radius 2 is 1.95 bits per heavy atom. The van der Waals surface area contributed by atoms with E-state index in [1.54, 1.807) is 0 Å². The highest BCUT2D eigenvalue weighted by atomic mass is 16.5. The first-order valence-corrected chi connectivity index (χ1v) is 7.15. The van der Waals surface area contributed by atoms with Crippen LogP contribution in [-0.4, -0.2) is 30.7 Å². The zero-order chi connectivity index (χ0) is 14.3. The van der Waals surface area contributed by atoms with E-state index in [4.69, 9.17) is 10.5 Å². The van der Waals surface area contributed by atoms with Gasteiger partial charge in [-0.05, 0) is 37.5 Å². The van der Waals surface area contributed by atoms with E-state index in [9.17, 15) is 0 Å². The number of hydrogen-bond donors (Lipinski definition) is 1. The molecule has 0 unspecified atom stereocenters. The molecular weight excluding hydrogens is 236 g/mol. The number of nitrogen functional groups attached to an aromatic ring is 1. The summed E-state index contributed by atoms with van der Waals surface area (Å²) in [6.45, 7) is 12.3. The number of hydrogen-bond acceptors (Lipinski definition) is 3. The molecule has 3 nitrogen and oxygen atoms in total. The van der Waals surface area contributed by atoms with E-state index in [0.717, 1.165) is 32.0 Å². The van der Waals surface area contributed by atoms with Crippen molar-refractivity contribution in [2.45, 2.75) is 40.3 Å². The zero-order valence-corrected chi connectivity index (χ0v) is 12.7. The molecule has 2 N–H and O–H groups in total. The van der Waals surface area contributed by atoms with E-state index in [2.05, 4.69) is 38.7 Å². The van der Waals surface area contributed by atoms with Crippen molar-refractivity contribution < 1.29 is 4.74 Å². The average Bonchev–Trinajstić information content (AvgIpc) is 2.32. The van der Waals surface area contributed by atoms with E-state index in [1.807, 2.05) is 18.2 Å². The van der Waals surface area contributed by atoms with Crippen molar-refractivity contribution in [3.05, 3.63) is 29.8 Å². The SMILES string of the molecule is CC(C)COCCN(Cc1cccc(N)c1)C(C)C. The van der Waals surface area contributed by atoms with Gasteiger partial charge >= 0.3 is 0 Å². The second-order valence-electron chi connectivity index (χ2n) is 5.78. The van der Waals surface area contributed by atoms with Crippen LogP contribution in [0.4, 0.5) is 5.69 Å². The Morgan fingerprint density at radius 1 is 1.21 bits per heavy atom. The van der Waals surface area contributed by atoms with E-state index in [0.29, 0.717) is 12.0 Å². The van der Waals surface area contributed by atoms with E-state index in [-0.39, 0.29) is 0 Å². The van der Waals surface area contributed by atoms with Gasteiger partial charge < -0.3 is 10.5 Å². The fourth-order valence-corrected chi connectivity index (χ4v) is 1.95. The monoisotopic (exact) mass is 264 g/mol. The lowest BCUT2D eigenvalue weighted by atomic mass is 10.1. The minimum Gasteiger partial charge on any atom is -0.399 e. The summed E-state index contributed by atoms with van der Waals surface area (Å²) in [7, 11) is 0. The molecule has 1 aromatic carbocycles. The van der Waals surface area contributed by atoms with Gasteiger partial charge in [-0.1, -0.05) is 26.0 Å². The molecule has 0 saturated heterocycles. The normalized spacial score (nSPS) is 11.7. The molecule has 19 heavy (non-hydrogen) atoms. The molecule has 0 heterocycles. The molecule has 0 aromatic heterocycles. The van der Waals surface area contributed by atoms with Crippen LogP contribution in [0.25, 0.3) is 0 Å². The van der Waals surface area contributed by atoms with Gasteiger partial charge in [-0.3, -0.25) is 4.90 Å². The lowest BCUT2D eigenvalue weighted by molar-refractivity contribution is 0.0741. The van der Waals surface area contributed by atoms with Gasteiger partial charge in [0, 0.05) is 31.4 Å².